The van der Waals surface area contributed by atoms with Crippen molar-refractivity contribution in [2.75, 3.05) is 6.61 Å². The summed E-state index contributed by atoms with van der Waals surface area (Å²) in [6.07, 6.45) is 0.762. The van der Waals surface area contributed by atoms with Crippen LogP contribution in [0.5, 0.6) is 0 Å². The Morgan fingerprint density at radius 2 is 1.94 bits per heavy atom. The minimum absolute atomic E-state index is 0.229. The summed E-state index contributed by atoms with van der Waals surface area (Å²) in [6.45, 7) is 7.43. The standard InChI is InChI=1S/C24H33N3O5/c1-14(13-28)27-19(21(30)26-23(2,3)4)24-11-10-16(32-24)17(18(24)22(27)31)20(29)25-12-15-8-6-5-7-9-15/h5-9,14,16-19,28H,10-13H2,1-4H3,(H,25,29)(H,26,30)/t14-,16+,17-,18+,19?,24?/m1/s1. The Morgan fingerprint density at radius 1 is 1.25 bits per heavy atom. The second-order valence-corrected chi connectivity index (χ2v) is 10.3. The molecule has 3 N–H and O–H groups in total. The first-order valence-electron chi connectivity index (χ1n) is 11.3. The summed E-state index contributed by atoms with van der Waals surface area (Å²) in [5, 5.41) is 15.7. The van der Waals surface area contributed by atoms with Gasteiger partial charge in [-0.2, -0.15) is 0 Å². The Morgan fingerprint density at radius 3 is 2.56 bits per heavy atom. The maximum atomic E-state index is 13.6. The molecule has 3 amide bonds. The Hall–Kier alpha value is -2.45. The van der Waals surface area contributed by atoms with Crippen LogP contribution in [0, 0.1) is 11.8 Å². The molecule has 1 aromatic rings. The van der Waals surface area contributed by atoms with Crippen molar-refractivity contribution in [1.82, 2.24) is 15.5 Å². The van der Waals surface area contributed by atoms with E-state index in [1.54, 1.807) is 6.92 Å². The van der Waals surface area contributed by atoms with E-state index in [-0.39, 0.29) is 24.3 Å². The molecule has 3 aliphatic rings. The van der Waals surface area contributed by atoms with Gasteiger partial charge < -0.3 is 25.4 Å². The molecule has 1 aromatic carbocycles. The van der Waals surface area contributed by atoms with Crippen LogP contribution in [0.3, 0.4) is 0 Å². The summed E-state index contributed by atoms with van der Waals surface area (Å²) in [4.78, 5) is 41.7. The minimum Gasteiger partial charge on any atom is -0.394 e. The zero-order valence-electron chi connectivity index (χ0n) is 19.1. The highest BCUT2D eigenvalue weighted by atomic mass is 16.5. The van der Waals surface area contributed by atoms with Gasteiger partial charge in [-0.05, 0) is 46.1 Å². The molecule has 3 fully saturated rings. The van der Waals surface area contributed by atoms with Crippen LogP contribution >= 0.6 is 0 Å². The van der Waals surface area contributed by atoms with E-state index >= 15 is 0 Å². The van der Waals surface area contributed by atoms with Gasteiger partial charge in [0.2, 0.25) is 17.7 Å². The number of aliphatic hydroxyl groups is 1. The van der Waals surface area contributed by atoms with Gasteiger partial charge in [0.25, 0.3) is 0 Å². The van der Waals surface area contributed by atoms with E-state index in [0.717, 1.165) is 5.56 Å². The zero-order valence-corrected chi connectivity index (χ0v) is 19.1. The third kappa shape index (κ3) is 3.69. The molecule has 3 heterocycles. The summed E-state index contributed by atoms with van der Waals surface area (Å²) < 4.78 is 6.35. The van der Waals surface area contributed by atoms with E-state index in [1.807, 2.05) is 51.1 Å². The molecule has 3 aliphatic heterocycles. The molecular weight excluding hydrogens is 410 g/mol. The van der Waals surface area contributed by atoms with Crippen molar-refractivity contribution >= 4 is 17.7 Å². The van der Waals surface area contributed by atoms with Crippen molar-refractivity contribution in [2.45, 2.75) is 76.4 Å². The first-order valence-corrected chi connectivity index (χ1v) is 11.3. The van der Waals surface area contributed by atoms with Crippen molar-refractivity contribution < 1.29 is 24.2 Å². The van der Waals surface area contributed by atoms with Crippen LogP contribution in [0.4, 0.5) is 0 Å². The lowest BCUT2D eigenvalue weighted by Crippen LogP contribution is -2.60. The number of carbonyl (C=O) groups excluding carboxylic acids is 3. The second-order valence-electron chi connectivity index (χ2n) is 10.3. The van der Waals surface area contributed by atoms with Gasteiger partial charge in [-0.15, -0.1) is 0 Å². The topological polar surface area (TPSA) is 108 Å². The number of ether oxygens (including phenoxy) is 1. The number of likely N-dealkylation sites (tertiary alicyclic amines) is 1. The van der Waals surface area contributed by atoms with Crippen LogP contribution in [-0.2, 0) is 25.7 Å². The lowest BCUT2D eigenvalue weighted by molar-refractivity contribution is -0.145. The zero-order chi connectivity index (χ0) is 23.3. The van der Waals surface area contributed by atoms with Crippen molar-refractivity contribution in [3.05, 3.63) is 35.9 Å². The van der Waals surface area contributed by atoms with E-state index < -0.39 is 41.2 Å². The lowest BCUT2D eigenvalue weighted by atomic mass is 9.70. The molecule has 0 aliphatic carbocycles. The number of fused-ring (bicyclic) bond motifs is 1. The Balaban J connectivity index is 1.63. The highest BCUT2D eigenvalue weighted by Gasteiger charge is 2.74. The predicted molar refractivity (Wildman–Crippen MR) is 117 cm³/mol. The molecule has 6 atom stereocenters. The van der Waals surface area contributed by atoms with Crippen LogP contribution in [0.2, 0.25) is 0 Å². The molecule has 4 rings (SSSR count). The van der Waals surface area contributed by atoms with Gasteiger partial charge in [-0.1, -0.05) is 30.3 Å². The van der Waals surface area contributed by atoms with Crippen LogP contribution in [0.15, 0.2) is 30.3 Å². The highest BCUT2D eigenvalue weighted by Crippen LogP contribution is 2.58. The first kappa shape index (κ1) is 22.7. The van der Waals surface area contributed by atoms with Gasteiger partial charge in [-0.25, -0.2) is 0 Å². The number of amides is 3. The number of nitrogens with one attached hydrogen (secondary N) is 2. The quantitative estimate of drug-likeness (QED) is 0.607. The average Bonchev–Trinajstić information content (AvgIpc) is 3.38. The molecule has 174 valence electrons. The van der Waals surface area contributed by atoms with Crippen LogP contribution in [0.25, 0.3) is 0 Å². The molecule has 8 heteroatoms. The summed E-state index contributed by atoms with van der Waals surface area (Å²) >= 11 is 0. The smallest absolute Gasteiger partial charge is 0.246 e. The molecule has 8 nitrogen and oxygen atoms in total. The summed E-state index contributed by atoms with van der Waals surface area (Å²) in [6, 6.07) is 8.14. The first-order chi connectivity index (χ1) is 15.1. The van der Waals surface area contributed by atoms with E-state index in [9.17, 15) is 19.5 Å². The molecule has 0 saturated carbocycles. The van der Waals surface area contributed by atoms with Crippen molar-refractivity contribution in [3.63, 3.8) is 0 Å². The van der Waals surface area contributed by atoms with E-state index in [2.05, 4.69) is 10.6 Å². The number of rotatable bonds is 6. The molecule has 2 bridgehead atoms. The number of aliphatic hydroxyl groups excluding tert-OH is 1. The predicted octanol–water partition coefficient (Wildman–Crippen LogP) is 0.973. The van der Waals surface area contributed by atoms with Gasteiger partial charge in [0, 0.05) is 12.1 Å². The Bertz CT molecular complexity index is 899. The number of benzene rings is 1. The molecule has 0 aromatic heterocycles. The number of hydrogen-bond acceptors (Lipinski definition) is 5. The number of nitrogens with zero attached hydrogens (tertiary/aromatic N) is 1. The fourth-order valence-electron chi connectivity index (χ4n) is 5.59. The molecule has 2 unspecified atom stereocenters. The van der Waals surface area contributed by atoms with Crippen LogP contribution in [-0.4, -0.2) is 63.7 Å². The monoisotopic (exact) mass is 443 g/mol. The fourth-order valence-corrected chi connectivity index (χ4v) is 5.59. The lowest BCUT2D eigenvalue weighted by Gasteiger charge is -2.37. The minimum atomic E-state index is -1.05. The average molecular weight is 444 g/mol. The van der Waals surface area contributed by atoms with Crippen molar-refractivity contribution in [2.24, 2.45) is 11.8 Å². The van der Waals surface area contributed by atoms with Gasteiger partial charge in [0.05, 0.1) is 30.6 Å². The van der Waals surface area contributed by atoms with Crippen molar-refractivity contribution in [3.8, 4) is 0 Å². The Labute approximate surface area is 188 Å². The van der Waals surface area contributed by atoms with Gasteiger partial charge in [-0.3, -0.25) is 14.4 Å². The summed E-state index contributed by atoms with van der Waals surface area (Å²) in [5.41, 5.74) is -0.572. The van der Waals surface area contributed by atoms with E-state index in [1.165, 1.54) is 4.90 Å². The number of hydrogen-bond donors (Lipinski definition) is 3. The molecule has 32 heavy (non-hydrogen) atoms. The largest absolute Gasteiger partial charge is 0.394 e. The van der Waals surface area contributed by atoms with Crippen LogP contribution < -0.4 is 10.6 Å². The van der Waals surface area contributed by atoms with Gasteiger partial charge in [0.1, 0.15) is 11.6 Å². The maximum absolute atomic E-state index is 13.6. The molecule has 1 spiro atoms. The fraction of sp³-hybridized carbons (Fsp3) is 0.625. The van der Waals surface area contributed by atoms with Crippen LogP contribution in [0.1, 0.15) is 46.1 Å². The maximum Gasteiger partial charge on any atom is 0.246 e. The van der Waals surface area contributed by atoms with Crippen molar-refractivity contribution in [1.29, 1.82) is 0 Å². The Kier molecular flexibility index (Phi) is 5.79. The van der Waals surface area contributed by atoms with Gasteiger partial charge in [0.15, 0.2) is 0 Å². The summed E-state index contributed by atoms with van der Waals surface area (Å²) in [7, 11) is 0. The van der Waals surface area contributed by atoms with E-state index in [4.69, 9.17) is 4.74 Å². The van der Waals surface area contributed by atoms with Gasteiger partial charge >= 0.3 is 0 Å². The molecular formula is C24H33N3O5. The third-order valence-corrected chi connectivity index (χ3v) is 6.84. The molecule has 3 saturated heterocycles. The normalized spacial score (nSPS) is 32.0. The number of carbonyl (C=O) groups is 3. The second kappa shape index (κ2) is 8.15. The third-order valence-electron chi connectivity index (χ3n) is 6.84. The molecule has 0 radical (unpaired) electrons. The van der Waals surface area contributed by atoms with E-state index in [0.29, 0.717) is 19.4 Å². The highest BCUT2D eigenvalue weighted by molar-refractivity contribution is 5.99. The SMILES string of the molecule is C[C@H](CO)N1C(=O)[C@@H]2[C@H](C(=O)NCc3ccccc3)[C@@H]3CCC2(O3)C1C(=O)NC(C)(C)C. The summed E-state index contributed by atoms with van der Waals surface area (Å²) in [5.74, 6) is -2.21.